The molecule has 4 N–H and O–H groups in total. The number of aromatic nitrogens is 2. The summed E-state index contributed by atoms with van der Waals surface area (Å²) in [6, 6.07) is 6.77. The van der Waals surface area contributed by atoms with Gasteiger partial charge in [0.25, 0.3) is 0 Å². The highest BCUT2D eigenvalue weighted by atomic mass is 16.3. The van der Waals surface area contributed by atoms with Crippen LogP contribution in [0.15, 0.2) is 29.3 Å². The third kappa shape index (κ3) is 4.66. The maximum atomic E-state index is 9.63. The first-order valence-corrected chi connectivity index (χ1v) is 9.11. The van der Waals surface area contributed by atoms with Crippen molar-refractivity contribution in [2.45, 2.75) is 6.92 Å². The van der Waals surface area contributed by atoms with Gasteiger partial charge in [-0.1, -0.05) is 17.9 Å². The molecule has 29 heavy (non-hydrogen) atoms. The molecule has 0 bridgehead atoms. The summed E-state index contributed by atoms with van der Waals surface area (Å²) in [5, 5.41) is 21.4. The molecule has 0 aliphatic carbocycles. The normalized spacial score (nSPS) is 14.0. The van der Waals surface area contributed by atoms with Crippen molar-refractivity contribution in [2.24, 2.45) is 4.99 Å². The zero-order valence-corrected chi connectivity index (χ0v) is 16.3. The van der Waals surface area contributed by atoms with E-state index in [1.54, 1.807) is 25.2 Å². The number of anilines is 2. The predicted octanol–water partition coefficient (Wildman–Crippen LogP) is 0.651. The van der Waals surface area contributed by atoms with Crippen LogP contribution in [0.3, 0.4) is 0 Å². The monoisotopic (exact) mass is 390 g/mol. The molecular formula is C20H22N8O. The molecule has 2 heterocycles. The Morgan fingerprint density at radius 3 is 2.66 bits per heavy atom. The molecule has 2 aromatic rings. The fraction of sp³-hybridized carbons (Fsp3) is 0.300. The second-order valence-electron chi connectivity index (χ2n) is 6.43. The number of aryl methyl sites for hydroxylation is 1. The Labute approximate surface area is 169 Å². The van der Waals surface area contributed by atoms with Gasteiger partial charge in [0.1, 0.15) is 11.6 Å². The van der Waals surface area contributed by atoms with Gasteiger partial charge in [-0.15, -0.1) is 4.99 Å². The molecule has 148 valence electrons. The van der Waals surface area contributed by atoms with Gasteiger partial charge in [0, 0.05) is 38.8 Å². The first kappa shape index (κ1) is 19.8. The molecule has 1 fully saturated rings. The van der Waals surface area contributed by atoms with E-state index in [0.717, 1.165) is 0 Å². The lowest BCUT2D eigenvalue weighted by Gasteiger charge is -2.36. The Morgan fingerprint density at radius 1 is 1.24 bits per heavy atom. The average molecular weight is 390 g/mol. The summed E-state index contributed by atoms with van der Waals surface area (Å²) in [5.41, 5.74) is 7.99. The van der Waals surface area contributed by atoms with Crippen LogP contribution in [0.2, 0.25) is 0 Å². The van der Waals surface area contributed by atoms with Gasteiger partial charge in [0.2, 0.25) is 18.1 Å². The van der Waals surface area contributed by atoms with Gasteiger partial charge in [-0.3, -0.25) is 0 Å². The van der Waals surface area contributed by atoms with Crippen molar-refractivity contribution in [3.63, 3.8) is 0 Å². The number of phenolic OH excluding ortho intramolecular Hbond substituents is 1. The zero-order chi connectivity index (χ0) is 20.8. The molecule has 0 radical (unpaired) electrons. The lowest BCUT2D eigenvalue weighted by Crippen LogP contribution is -2.52. The molecule has 1 aliphatic rings. The minimum absolute atomic E-state index is 0.165. The van der Waals surface area contributed by atoms with E-state index in [1.165, 1.54) is 0 Å². The quantitative estimate of drug-likeness (QED) is 0.280. The van der Waals surface area contributed by atoms with E-state index in [0.29, 0.717) is 54.8 Å². The largest absolute Gasteiger partial charge is 0.508 e. The molecule has 3 rings (SSSR count). The van der Waals surface area contributed by atoms with E-state index in [1.807, 2.05) is 24.1 Å². The standard InChI is InChI=1S/C20H22N8O/c1-14-17(7-6-15-4-3-5-16(29)12-15)18(26-19(22)25-14)27-8-10-28(11-9-27)20(23-2)24-13-21/h3-5,12,29H,8-11H2,1-2H3,(H,23,24)(H2,22,25,26). The summed E-state index contributed by atoms with van der Waals surface area (Å²) >= 11 is 0. The van der Waals surface area contributed by atoms with Crippen LogP contribution in [-0.4, -0.2) is 59.2 Å². The number of aliphatic imine (C=N–C) groups is 1. The Hall–Kier alpha value is -3.98. The number of hydrogen-bond donors (Lipinski definition) is 3. The highest BCUT2D eigenvalue weighted by Gasteiger charge is 2.23. The van der Waals surface area contributed by atoms with E-state index < -0.39 is 0 Å². The summed E-state index contributed by atoms with van der Waals surface area (Å²) in [6.07, 6.45) is 1.82. The molecule has 0 atom stereocenters. The number of guanidine groups is 1. The molecule has 0 saturated carbocycles. The van der Waals surface area contributed by atoms with Crippen molar-refractivity contribution in [1.29, 1.82) is 5.26 Å². The first-order chi connectivity index (χ1) is 14.0. The smallest absolute Gasteiger partial charge is 0.222 e. The number of nitriles is 1. The Kier molecular flexibility index (Phi) is 6.00. The number of aromatic hydroxyl groups is 1. The predicted molar refractivity (Wildman–Crippen MR) is 111 cm³/mol. The van der Waals surface area contributed by atoms with Crippen LogP contribution in [0, 0.1) is 30.2 Å². The molecule has 0 amide bonds. The van der Waals surface area contributed by atoms with Crippen LogP contribution < -0.4 is 16.0 Å². The minimum Gasteiger partial charge on any atom is -0.508 e. The van der Waals surface area contributed by atoms with Crippen molar-refractivity contribution < 1.29 is 5.11 Å². The highest BCUT2D eigenvalue weighted by Crippen LogP contribution is 2.22. The van der Waals surface area contributed by atoms with E-state index in [-0.39, 0.29) is 11.7 Å². The topological polar surface area (TPSA) is 127 Å². The van der Waals surface area contributed by atoms with E-state index in [9.17, 15) is 5.11 Å². The molecule has 9 heteroatoms. The fourth-order valence-electron chi connectivity index (χ4n) is 3.13. The van der Waals surface area contributed by atoms with Crippen molar-refractivity contribution in [3.05, 3.63) is 41.1 Å². The lowest BCUT2D eigenvalue weighted by molar-refractivity contribution is 0.375. The molecule has 9 nitrogen and oxygen atoms in total. The van der Waals surface area contributed by atoms with Crippen molar-refractivity contribution in [1.82, 2.24) is 20.2 Å². The fourth-order valence-corrected chi connectivity index (χ4v) is 3.13. The van der Waals surface area contributed by atoms with E-state index >= 15 is 0 Å². The number of phenols is 1. The Balaban J connectivity index is 1.87. The summed E-state index contributed by atoms with van der Waals surface area (Å²) in [7, 11) is 1.74. The summed E-state index contributed by atoms with van der Waals surface area (Å²) in [5.74, 6) is 7.80. The van der Waals surface area contributed by atoms with Crippen LogP contribution >= 0.6 is 0 Å². The zero-order valence-electron chi connectivity index (χ0n) is 16.3. The SMILES string of the molecule is CN/C(=N\C#N)N1CCN(c2nc(N)nc(C)c2C#Cc2cccc(O)c2)CC1. The Morgan fingerprint density at radius 2 is 2.00 bits per heavy atom. The third-order valence-corrected chi connectivity index (χ3v) is 4.52. The number of benzene rings is 1. The van der Waals surface area contributed by atoms with Gasteiger partial charge in [-0.05, 0) is 25.1 Å². The van der Waals surface area contributed by atoms with Gasteiger partial charge in [-0.25, -0.2) is 4.98 Å². The summed E-state index contributed by atoms with van der Waals surface area (Å²) in [6.45, 7) is 4.53. The summed E-state index contributed by atoms with van der Waals surface area (Å²) < 4.78 is 0. The van der Waals surface area contributed by atoms with Crippen LogP contribution in [0.25, 0.3) is 0 Å². The van der Waals surface area contributed by atoms with E-state index in [4.69, 9.17) is 11.0 Å². The molecular weight excluding hydrogens is 368 g/mol. The number of rotatable bonds is 1. The molecule has 1 aromatic carbocycles. The second-order valence-corrected chi connectivity index (χ2v) is 6.43. The van der Waals surface area contributed by atoms with Gasteiger partial charge in [0.15, 0.2) is 0 Å². The number of nitrogens with one attached hydrogen (secondary N) is 1. The molecule has 1 aliphatic heterocycles. The van der Waals surface area contributed by atoms with Gasteiger partial charge >= 0.3 is 0 Å². The Bertz CT molecular complexity index is 1020. The van der Waals surface area contributed by atoms with Crippen molar-refractivity contribution in [2.75, 3.05) is 43.9 Å². The number of nitrogens with two attached hydrogens (primary N) is 1. The van der Waals surface area contributed by atoms with E-state index in [2.05, 4.69) is 37.0 Å². The molecule has 1 aromatic heterocycles. The minimum atomic E-state index is 0.165. The number of piperazine rings is 1. The maximum Gasteiger partial charge on any atom is 0.222 e. The molecule has 1 saturated heterocycles. The van der Waals surface area contributed by atoms with Crippen LogP contribution in [-0.2, 0) is 0 Å². The number of hydrogen-bond acceptors (Lipinski definition) is 7. The second kappa shape index (κ2) is 8.81. The summed E-state index contributed by atoms with van der Waals surface area (Å²) in [4.78, 5) is 16.6. The van der Waals surface area contributed by atoms with Crippen molar-refractivity contribution >= 4 is 17.7 Å². The van der Waals surface area contributed by atoms with Gasteiger partial charge in [-0.2, -0.15) is 10.2 Å². The third-order valence-electron chi connectivity index (χ3n) is 4.52. The molecule has 0 unspecified atom stereocenters. The molecule has 0 spiro atoms. The van der Waals surface area contributed by atoms with Crippen molar-refractivity contribution in [3.8, 4) is 23.8 Å². The van der Waals surface area contributed by atoms with Crippen LogP contribution in [0.4, 0.5) is 11.8 Å². The number of nitrogen functional groups attached to an aromatic ring is 1. The average Bonchev–Trinajstić information content (AvgIpc) is 2.71. The number of nitrogens with zero attached hydrogens (tertiary/aromatic N) is 6. The van der Waals surface area contributed by atoms with Gasteiger partial charge < -0.3 is 26.0 Å². The maximum absolute atomic E-state index is 9.63. The van der Waals surface area contributed by atoms with Gasteiger partial charge in [0.05, 0.1) is 11.3 Å². The first-order valence-electron chi connectivity index (χ1n) is 9.11. The highest BCUT2D eigenvalue weighted by molar-refractivity contribution is 5.80. The van der Waals surface area contributed by atoms with Crippen LogP contribution in [0.1, 0.15) is 16.8 Å². The van der Waals surface area contributed by atoms with Crippen LogP contribution in [0.5, 0.6) is 5.75 Å². The lowest BCUT2D eigenvalue weighted by atomic mass is 10.1.